The van der Waals surface area contributed by atoms with Gasteiger partial charge in [-0.15, -0.1) is 0 Å². The summed E-state index contributed by atoms with van der Waals surface area (Å²) in [6.45, 7) is 7.60. The van der Waals surface area contributed by atoms with Crippen molar-refractivity contribution in [3.63, 3.8) is 0 Å². The quantitative estimate of drug-likeness (QED) is 0.603. The van der Waals surface area contributed by atoms with E-state index in [1.165, 1.54) is 31.2 Å². The van der Waals surface area contributed by atoms with E-state index in [2.05, 4.69) is 46.0 Å². The first-order valence-corrected chi connectivity index (χ1v) is 10.6. The second-order valence-corrected chi connectivity index (χ2v) is 10.2. The monoisotopic (exact) mass is 363 g/mol. The van der Waals surface area contributed by atoms with E-state index in [-0.39, 0.29) is 10.2 Å². The fourth-order valence-electron chi connectivity index (χ4n) is 3.45. The van der Waals surface area contributed by atoms with Crippen molar-refractivity contribution in [2.24, 2.45) is 4.99 Å². The number of guanidine groups is 1. The maximum absolute atomic E-state index is 12.1. The predicted molar refractivity (Wildman–Crippen MR) is 109 cm³/mol. The van der Waals surface area contributed by atoms with E-state index in [0.29, 0.717) is 12.3 Å². The number of benzene rings is 1. The Kier molecular flexibility index (Phi) is 7.05. The lowest BCUT2D eigenvalue weighted by molar-refractivity contribution is 0.432. The number of nitrogens with one attached hydrogen (secondary N) is 2. The molecule has 2 N–H and O–H groups in total. The van der Waals surface area contributed by atoms with Crippen LogP contribution in [0.5, 0.6) is 0 Å². The minimum absolute atomic E-state index is 0.167. The SMILES string of the molecule is CN=C(NCCS(=O)C(C)(C)C)NCC1(c2ccccc2)CCCC1. The van der Waals surface area contributed by atoms with Crippen molar-refractivity contribution >= 4 is 16.8 Å². The summed E-state index contributed by atoms with van der Waals surface area (Å²) in [6.07, 6.45) is 5.00. The molecule has 0 bridgehead atoms. The fraction of sp³-hybridized carbons (Fsp3) is 0.650. The average Bonchev–Trinajstić information content (AvgIpc) is 3.08. The third-order valence-corrected chi connectivity index (χ3v) is 6.97. The molecule has 1 atom stereocenters. The second-order valence-electron chi connectivity index (χ2n) is 7.87. The van der Waals surface area contributed by atoms with Crippen molar-refractivity contribution in [1.29, 1.82) is 0 Å². The number of hydrogen-bond acceptors (Lipinski definition) is 2. The van der Waals surface area contributed by atoms with E-state index in [1.54, 1.807) is 7.05 Å². The molecular formula is C20H33N3OS. The van der Waals surface area contributed by atoms with Crippen LogP contribution in [0.25, 0.3) is 0 Å². The van der Waals surface area contributed by atoms with Gasteiger partial charge in [0.15, 0.2) is 5.96 Å². The Morgan fingerprint density at radius 1 is 1.16 bits per heavy atom. The highest BCUT2D eigenvalue weighted by molar-refractivity contribution is 7.86. The van der Waals surface area contributed by atoms with Gasteiger partial charge in [0.2, 0.25) is 0 Å². The van der Waals surface area contributed by atoms with Gasteiger partial charge in [-0.25, -0.2) is 0 Å². The van der Waals surface area contributed by atoms with Gasteiger partial charge in [-0.1, -0.05) is 43.2 Å². The third kappa shape index (κ3) is 5.56. The molecule has 1 aromatic rings. The lowest BCUT2D eigenvalue weighted by Crippen LogP contribution is -2.46. The van der Waals surface area contributed by atoms with E-state index >= 15 is 0 Å². The molecule has 4 nitrogen and oxygen atoms in total. The molecule has 0 amide bonds. The molecule has 1 aromatic carbocycles. The zero-order chi connectivity index (χ0) is 18.3. The summed E-state index contributed by atoms with van der Waals surface area (Å²) in [6, 6.07) is 10.8. The Balaban J connectivity index is 1.90. The van der Waals surface area contributed by atoms with Crippen molar-refractivity contribution in [3.8, 4) is 0 Å². The third-order valence-electron chi connectivity index (χ3n) is 5.03. The van der Waals surface area contributed by atoms with Crippen molar-refractivity contribution in [1.82, 2.24) is 10.6 Å². The van der Waals surface area contributed by atoms with Crippen LogP contribution in [0, 0.1) is 0 Å². The molecule has 0 saturated heterocycles. The Bertz CT molecular complexity index is 587. The highest BCUT2D eigenvalue weighted by atomic mass is 32.2. The van der Waals surface area contributed by atoms with Crippen LogP contribution >= 0.6 is 0 Å². The summed E-state index contributed by atoms with van der Waals surface area (Å²) >= 11 is 0. The molecular weight excluding hydrogens is 330 g/mol. The van der Waals surface area contributed by atoms with Crippen LogP contribution < -0.4 is 10.6 Å². The molecule has 140 valence electrons. The zero-order valence-electron chi connectivity index (χ0n) is 16.1. The standard InChI is InChI=1S/C20H33N3OS/c1-19(2,3)25(24)15-14-22-18(21-4)23-16-20(12-8-9-13-20)17-10-6-5-7-11-17/h5-7,10-11H,8-9,12-16H2,1-4H3,(H2,21,22,23). The van der Waals surface area contributed by atoms with Gasteiger partial charge in [0.1, 0.15) is 0 Å². The van der Waals surface area contributed by atoms with Gasteiger partial charge in [-0.2, -0.15) is 0 Å². The molecule has 0 aliphatic heterocycles. The number of aliphatic imine (C=N–C) groups is 1. The first kappa shape index (κ1) is 20.0. The minimum atomic E-state index is -0.845. The lowest BCUT2D eigenvalue weighted by Gasteiger charge is -2.31. The van der Waals surface area contributed by atoms with Gasteiger partial charge in [-0.05, 0) is 39.2 Å². The van der Waals surface area contributed by atoms with E-state index < -0.39 is 10.8 Å². The summed E-state index contributed by atoms with van der Waals surface area (Å²) < 4.78 is 12.0. The predicted octanol–water partition coefficient (Wildman–Crippen LogP) is 3.21. The van der Waals surface area contributed by atoms with Crippen molar-refractivity contribution in [3.05, 3.63) is 35.9 Å². The first-order chi connectivity index (χ1) is 11.9. The highest BCUT2D eigenvalue weighted by Gasteiger charge is 2.35. The molecule has 1 aliphatic carbocycles. The zero-order valence-corrected chi connectivity index (χ0v) is 16.9. The van der Waals surface area contributed by atoms with E-state index in [9.17, 15) is 4.21 Å². The molecule has 1 aliphatic rings. The summed E-state index contributed by atoms with van der Waals surface area (Å²) in [5.74, 6) is 1.43. The first-order valence-electron chi connectivity index (χ1n) is 9.26. The number of rotatable bonds is 6. The minimum Gasteiger partial charge on any atom is -0.356 e. The van der Waals surface area contributed by atoms with E-state index in [0.717, 1.165) is 12.5 Å². The largest absolute Gasteiger partial charge is 0.356 e. The van der Waals surface area contributed by atoms with Gasteiger partial charge in [0.25, 0.3) is 0 Å². The second kappa shape index (κ2) is 8.84. The molecule has 0 heterocycles. The Labute approximate surface area is 155 Å². The Hall–Kier alpha value is -1.36. The molecule has 25 heavy (non-hydrogen) atoms. The highest BCUT2D eigenvalue weighted by Crippen LogP contribution is 2.40. The smallest absolute Gasteiger partial charge is 0.191 e. The summed E-state index contributed by atoms with van der Waals surface area (Å²) in [5.41, 5.74) is 1.62. The summed E-state index contributed by atoms with van der Waals surface area (Å²) in [7, 11) is 0.947. The normalized spacial score (nSPS) is 18.8. The molecule has 5 heteroatoms. The Morgan fingerprint density at radius 2 is 1.80 bits per heavy atom. The van der Waals surface area contributed by atoms with Gasteiger partial charge in [0, 0.05) is 46.9 Å². The number of hydrogen-bond donors (Lipinski definition) is 2. The van der Waals surface area contributed by atoms with Crippen LogP contribution in [0.15, 0.2) is 35.3 Å². The van der Waals surface area contributed by atoms with Crippen LogP contribution in [-0.4, -0.2) is 40.8 Å². The molecule has 1 unspecified atom stereocenters. The average molecular weight is 364 g/mol. The Morgan fingerprint density at radius 3 is 2.36 bits per heavy atom. The molecule has 1 fully saturated rings. The van der Waals surface area contributed by atoms with Gasteiger partial charge < -0.3 is 10.6 Å². The van der Waals surface area contributed by atoms with Gasteiger partial charge >= 0.3 is 0 Å². The van der Waals surface area contributed by atoms with Crippen molar-refractivity contribution < 1.29 is 4.21 Å². The fourth-order valence-corrected chi connectivity index (χ4v) is 4.35. The van der Waals surface area contributed by atoms with E-state index in [1.807, 2.05) is 20.8 Å². The maximum Gasteiger partial charge on any atom is 0.191 e. The van der Waals surface area contributed by atoms with Crippen molar-refractivity contribution in [2.45, 2.75) is 56.6 Å². The van der Waals surface area contributed by atoms with Gasteiger partial charge in [-0.3, -0.25) is 9.20 Å². The van der Waals surface area contributed by atoms with Crippen LogP contribution in [0.3, 0.4) is 0 Å². The van der Waals surface area contributed by atoms with E-state index in [4.69, 9.17) is 0 Å². The summed E-state index contributed by atoms with van der Waals surface area (Å²) in [5, 5.41) is 6.81. The topological polar surface area (TPSA) is 53.5 Å². The molecule has 1 saturated carbocycles. The number of nitrogens with zero attached hydrogens (tertiary/aromatic N) is 1. The molecule has 2 rings (SSSR count). The summed E-state index contributed by atoms with van der Waals surface area (Å²) in [4.78, 5) is 4.33. The lowest BCUT2D eigenvalue weighted by atomic mass is 9.79. The van der Waals surface area contributed by atoms with Crippen LogP contribution in [-0.2, 0) is 16.2 Å². The molecule has 0 aromatic heterocycles. The van der Waals surface area contributed by atoms with Crippen molar-refractivity contribution in [2.75, 3.05) is 25.9 Å². The molecule has 0 radical (unpaired) electrons. The van der Waals surface area contributed by atoms with Crippen LogP contribution in [0.2, 0.25) is 0 Å². The van der Waals surface area contributed by atoms with Crippen LogP contribution in [0.1, 0.15) is 52.0 Å². The maximum atomic E-state index is 12.1. The van der Waals surface area contributed by atoms with Crippen LogP contribution in [0.4, 0.5) is 0 Å². The molecule has 0 spiro atoms. The van der Waals surface area contributed by atoms with Gasteiger partial charge in [0.05, 0.1) is 0 Å².